The lowest BCUT2D eigenvalue weighted by Crippen LogP contribution is -2.42. The molecule has 1 aliphatic heterocycles. The van der Waals surface area contributed by atoms with E-state index in [1.54, 1.807) is 6.07 Å². The molecule has 1 aliphatic rings. The Balaban J connectivity index is 1.74. The van der Waals surface area contributed by atoms with Gasteiger partial charge in [-0.25, -0.2) is 4.79 Å². The molecule has 1 amide bonds. The molecule has 0 spiro atoms. The first kappa shape index (κ1) is 18.9. The maximum absolute atomic E-state index is 12.7. The van der Waals surface area contributed by atoms with Gasteiger partial charge >= 0.3 is 5.97 Å². The number of hydrogen-bond acceptors (Lipinski definition) is 4. The second-order valence-electron chi connectivity index (χ2n) is 6.65. The Kier molecular flexibility index (Phi) is 6.08. The number of morpholine rings is 1. The van der Waals surface area contributed by atoms with Crippen molar-refractivity contribution < 1.29 is 19.4 Å². The molecule has 0 aromatic heterocycles. The number of nitrogens with zero attached hydrogens (tertiary/aromatic N) is 1. The fourth-order valence-electron chi connectivity index (χ4n) is 3.19. The van der Waals surface area contributed by atoms with Gasteiger partial charge in [0.1, 0.15) is 6.04 Å². The summed E-state index contributed by atoms with van der Waals surface area (Å²) < 4.78 is 5.39. The first-order chi connectivity index (χ1) is 13.0. The van der Waals surface area contributed by atoms with E-state index in [0.717, 1.165) is 29.9 Å². The molecule has 2 aromatic rings. The van der Waals surface area contributed by atoms with Crippen LogP contribution in [-0.4, -0.2) is 49.3 Å². The van der Waals surface area contributed by atoms with Crippen molar-refractivity contribution in [1.82, 2.24) is 5.32 Å². The Morgan fingerprint density at radius 3 is 2.52 bits per heavy atom. The Hall–Kier alpha value is -2.86. The summed E-state index contributed by atoms with van der Waals surface area (Å²) in [6.07, 6.45) is 0.240. The van der Waals surface area contributed by atoms with Crippen molar-refractivity contribution in [3.63, 3.8) is 0 Å². The third-order valence-corrected chi connectivity index (χ3v) is 4.71. The van der Waals surface area contributed by atoms with Crippen molar-refractivity contribution in [3.05, 3.63) is 65.2 Å². The molecular formula is C21H24N2O4. The molecule has 0 aliphatic carbocycles. The molecule has 1 atom stereocenters. The van der Waals surface area contributed by atoms with Gasteiger partial charge < -0.3 is 20.1 Å². The summed E-state index contributed by atoms with van der Waals surface area (Å²) in [7, 11) is 0. The van der Waals surface area contributed by atoms with E-state index in [1.807, 2.05) is 49.4 Å². The number of aryl methyl sites for hydroxylation is 1. The normalized spacial score (nSPS) is 15.2. The van der Waals surface area contributed by atoms with Gasteiger partial charge in [0.25, 0.3) is 5.91 Å². The molecule has 0 unspecified atom stereocenters. The minimum atomic E-state index is -1.05. The monoisotopic (exact) mass is 368 g/mol. The van der Waals surface area contributed by atoms with Crippen molar-refractivity contribution in [3.8, 4) is 0 Å². The zero-order valence-electron chi connectivity index (χ0n) is 15.4. The van der Waals surface area contributed by atoms with Crippen LogP contribution in [0.4, 0.5) is 5.69 Å². The van der Waals surface area contributed by atoms with Gasteiger partial charge in [0, 0.05) is 30.8 Å². The van der Waals surface area contributed by atoms with Crippen LogP contribution in [0, 0.1) is 6.92 Å². The Bertz CT molecular complexity index is 801. The fourth-order valence-corrected chi connectivity index (χ4v) is 3.19. The van der Waals surface area contributed by atoms with E-state index in [9.17, 15) is 14.7 Å². The number of benzene rings is 2. The van der Waals surface area contributed by atoms with E-state index < -0.39 is 12.0 Å². The Morgan fingerprint density at radius 2 is 1.85 bits per heavy atom. The highest BCUT2D eigenvalue weighted by molar-refractivity contribution is 5.97. The molecule has 0 saturated carbocycles. The summed E-state index contributed by atoms with van der Waals surface area (Å²) in [6, 6.07) is 13.8. The van der Waals surface area contributed by atoms with Crippen LogP contribution in [0.15, 0.2) is 48.5 Å². The summed E-state index contributed by atoms with van der Waals surface area (Å²) in [5.41, 5.74) is 3.39. The van der Waals surface area contributed by atoms with Crippen molar-refractivity contribution in [2.45, 2.75) is 19.4 Å². The van der Waals surface area contributed by atoms with Gasteiger partial charge in [-0.15, -0.1) is 0 Å². The van der Waals surface area contributed by atoms with Gasteiger partial charge in [0.2, 0.25) is 0 Å². The zero-order chi connectivity index (χ0) is 19.2. The van der Waals surface area contributed by atoms with Crippen LogP contribution in [0.25, 0.3) is 0 Å². The number of rotatable bonds is 6. The fraction of sp³-hybridized carbons (Fsp3) is 0.333. The lowest BCUT2D eigenvalue weighted by molar-refractivity contribution is -0.139. The number of aliphatic carboxylic acids is 1. The highest BCUT2D eigenvalue weighted by Crippen LogP contribution is 2.23. The van der Waals surface area contributed by atoms with Crippen LogP contribution in [0.5, 0.6) is 0 Å². The summed E-state index contributed by atoms with van der Waals surface area (Å²) in [5, 5.41) is 12.1. The van der Waals surface area contributed by atoms with Gasteiger partial charge in [0.05, 0.1) is 13.2 Å². The smallest absolute Gasteiger partial charge is 0.326 e. The maximum Gasteiger partial charge on any atom is 0.326 e. The third-order valence-electron chi connectivity index (χ3n) is 4.71. The molecule has 0 radical (unpaired) electrons. The molecule has 27 heavy (non-hydrogen) atoms. The number of carbonyl (C=O) groups excluding carboxylic acids is 1. The lowest BCUT2D eigenvalue weighted by atomic mass is 10.0. The first-order valence-corrected chi connectivity index (χ1v) is 9.05. The van der Waals surface area contributed by atoms with Gasteiger partial charge in [-0.2, -0.15) is 0 Å². The Morgan fingerprint density at radius 1 is 1.15 bits per heavy atom. The van der Waals surface area contributed by atoms with Gasteiger partial charge in [-0.1, -0.05) is 36.4 Å². The maximum atomic E-state index is 12.7. The predicted octanol–water partition coefficient (Wildman–Crippen LogP) is 2.26. The molecule has 0 bridgehead atoms. The molecule has 1 heterocycles. The summed E-state index contributed by atoms with van der Waals surface area (Å²) in [4.78, 5) is 26.5. The topological polar surface area (TPSA) is 78.9 Å². The van der Waals surface area contributed by atoms with E-state index >= 15 is 0 Å². The van der Waals surface area contributed by atoms with Crippen molar-refractivity contribution in [2.24, 2.45) is 0 Å². The van der Waals surface area contributed by atoms with E-state index in [2.05, 4.69) is 10.2 Å². The number of ether oxygens (including phenoxy) is 1. The summed E-state index contributed by atoms with van der Waals surface area (Å²) in [6.45, 7) is 4.87. The minimum Gasteiger partial charge on any atom is -0.480 e. The predicted molar refractivity (Wildman–Crippen MR) is 103 cm³/mol. The Labute approximate surface area is 158 Å². The van der Waals surface area contributed by atoms with Gasteiger partial charge in [0.15, 0.2) is 0 Å². The molecule has 6 nitrogen and oxygen atoms in total. The summed E-state index contributed by atoms with van der Waals surface area (Å²) in [5.74, 6) is -1.43. The highest BCUT2D eigenvalue weighted by atomic mass is 16.5. The molecule has 142 valence electrons. The molecule has 1 fully saturated rings. The van der Waals surface area contributed by atoms with Crippen LogP contribution in [0.1, 0.15) is 21.5 Å². The molecule has 2 aromatic carbocycles. The van der Waals surface area contributed by atoms with Crippen molar-refractivity contribution in [1.29, 1.82) is 0 Å². The molecule has 2 N–H and O–H groups in total. The second-order valence-corrected chi connectivity index (χ2v) is 6.65. The van der Waals surface area contributed by atoms with Crippen LogP contribution in [0.3, 0.4) is 0 Å². The standard InChI is InChI=1S/C21H24N2O4/c1-15-7-8-17(14-19(15)23-9-11-27-12-10-23)20(24)22-18(21(25)26)13-16-5-3-2-4-6-16/h2-8,14,18H,9-13H2,1H3,(H,22,24)(H,25,26)/t18-/m1/s1. The van der Waals surface area contributed by atoms with E-state index in [0.29, 0.717) is 18.8 Å². The minimum absolute atomic E-state index is 0.240. The first-order valence-electron chi connectivity index (χ1n) is 9.05. The quantitative estimate of drug-likeness (QED) is 0.818. The van der Waals surface area contributed by atoms with E-state index in [-0.39, 0.29) is 12.3 Å². The average molecular weight is 368 g/mol. The molecule has 3 rings (SSSR count). The van der Waals surface area contributed by atoms with Gasteiger partial charge in [-0.05, 0) is 30.2 Å². The van der Waals surface area contributed by atoms with E-state index in [4.69, 9.17) is 4.74 Å². The van der Waals surface area contributed by atoms with E-state index in [1.165, 1.54) is 0 Å². The lowest BCUT2D eigenvalue weighted by Gasteiger charge is -2.30. The SMILES string of the molecule is Cc1ccc(C(=O)N[C@H](Cc2ccccc2)C(=O)O)cc1N1CCOCC1. The number of nitrogens with one attached hydrogen (secondary N) is 1. The number of carboxylic acids is 1. The average Bonchev–Trinajstić information content (AvgIpc) is 2.69. The summed E-state index contributed by atoms with van der Waals surface area (Å²) >= 11 is 0. The highest BCUT2D eigenvalue weighted by Gasteiger charge is 2.22. The molecule has 6 heteroatoms. The van der Waals surface area contributed by atoms with Gasteiger partial charge in [-0.3, -0.25) is 4.79 Å². The van der Waals surface area contributed by atoms with Crippen LogP contribution in [0.2, 0.25) is 0 Å². The number of carbonyl (C=O) groups is 2. The van der Waals surface area contributed by atoms with Crippen molar-refractivity contribution >= 4 is 17.6 Å². The number of amides is 1. The van der Waals surface area contributed by atoms with Crippen LogP contribution < -0.4 is 10.2 Å². The number of carboxylic acid groups (broad SMARTS) is 1. The van der Waals surface area contributed by atoms with Crippen LogP contribution >= 0.6 is 0 Å². The van der Waals surface area contributed by atoms with Crippen molar-refractivity contribution in [2.75, 3.05) is 31.2 Å². The third kappa shape index (κ3) is 4.86. The largest absolute Gasteiger partial charge is 0.480 e. The molecule has 1 saturated heterocycles. The number of hydrogen-bond donors (Lipinski definition) is 2. The second kappa shape index (κ2) is 8.68. The molecular weight excluding hydrogens is 344 g/mol. The van der Waals surface area contributed by atoms with Crippen LogP contribution in [-0.2, 0) is 16.0 Å². The number of anilines is 1. The zero-order valence-corrected chi connectivity index (χ0v) is 15.4.